The van der Waals surface area contributed by atoms with E-state index >= 15 is 0 Å². The van der Waals surface area contributed by atoms with Crippen LogP contribution in [0.2, 0.25) is 0 Å². The van der Waals surface area contributed by atoms with Gasteiger partial charge in [-0.3, -0.25) is 14.6 Å². The predicted molar refractivity (Wildman–Crippen MR) is 129 cm³/mol. The summed E-state index contributed by atoms with van der Waals surface area (Å²) in [6, 6.07) is 11.7. The van der Waals surface area contributed by atoms with Crippen LogP contribution in [0.25, 0.3) is 27.5 Å². The van der Waals surface area contributed by atoms with Crippen molar-refractivity contribution >= 4 is 34.0 Å². The molecule has 0 saturated carbocycles. The lowest BCUT2D eigenvalue weighted by Crippen LogP contribution is -2.22. The van der Waals surface area contributed by atoms with Gasteiger partial charge in [-0.25, -0.2) is 9.67 Å². The first-order valence-electron chi connectivity index (χ1n) is 10.6. The van der Waals surface area contributed by atoms with E-state index in [4.69, 9.17) is 5.10 Å². The predicted octanol–water partition coefficient (Wildman–Crippen LogP) is 4.10. The second kappa shape index (κ2) is 8.25. The topological polar surface area (TPSA) is 93.0 Å². The molecule has 2 amide bonds. The zero-order chi connectivity index (χ0) is 23.1. The van der Waals surface area contributed by atoms with E-state index < -0.39 is 0 Å². The summed E-state index contributed by atoms with van der Waals surface area (Å²) < 4.78 is 1.93. The van der Waals surface area contributed by atoms with Gasteiger partial charge in [0.25, 0.3) is 0 Å². The van der Waals surface area contributed by atoms with E-state index in [9.17, 15) is 9.59 Å². The van der Waals surface area contributed by atoms with E-state index in [0.717, 1.165) is 57.3 Å². The highest BCUT2D eigenvalue weighted by molar-refractivity contribution is 7.19. The van der Waals surface area contributed by atoms with Crippen LogP contribution < -0.4 is 10.2 Å². The van der Waals surface area contributed by atoms with Crippen molar-refractivity contribution in [2.45, 2.75) is 26.7 Å². The number of hydrogen-bond donors (Lipinski definition) is 1. The zero-order valence-electron chi connectivity index (χ0n) is 18.5. The van der Waals surface area contributed by atoms with Gasteiger partial charge in [-0.15, -0.1) is 0 Å². The lowest BCUT2D eigenvalue weighted by Gasteiger charge is -2.17. The Labute approximate surface area is 194 Å². The monoisotopic (exact) mass is 458 g/mol. The van der Waals surface area contributed by atoms with Crippen molar-refractivity contribution in [1.29, 1.82) is 0 Å². The summed E-state index contributed by atoms with van der Waals surface area (Å²) in [5.41, 5.74) is 6.62. The molecule has 1 aliphatic rings. The Bertz CT molecular complexity index is 1360. The molecule has 0 bridgehead atoms. The number of nitrogens with zero attached hydrogens (tertiary/aromatic N) is 5. The third kappa shape index (κ3) is 3.80. The molecular weight excluding hydrogens is 436 g/mol. The fraction of sp³-hybridized carbons (Fsp3) is 0.208. The van der Waals surface area contributed by atoms with Gasteiger partial charge >= 0.3 is 0 Å². The molecule has 1 aromatic carbocycles. The Morgan fingerprint density at radius 3 is 2.58 bits per heavy atom. The highest BCUT2D eigenvalue weighted by Gasteiger charge is 2.30. The zero-order valence-corrected chi connectivity index (χ0v) is 19.3. The number of nitrogens with one attached hydrogen (secondary N) is 1. The van der Waals surface area contributed by atoms with Gasteiger partial charge in [-0.2, -0.15) is 5.10 Å². The summed E-state index contributed by atoms with van der Waals surface area (Å²) in [5, 5.41) is 8.40. The quantitative estimate of drug-likeness (QED) is 0.497. The first-order chi connectivity index (χ1) is 15.9. The van der Waals surface area contributed by atoms with Crippen LogP contribution in [0.4, 0.5) is 10.8 Å². The first-order valence-corrected chi connectivity index (χ1v) is 11.4. The van der Waals surface area contributed by atoms with Crippen molar-refractivity contribution in [1.82, 2.24) is 19.7 Å². The summed E-state index contributed by atoms with van der Waals surface area (Å²) in [6.07, 6.45) is 5.14. The molecule has 0 atom stereocenters. The van der Waals surface area contributed by atoms with E-state index in [-0.39, 0.29) is 11.8 Å². The molecule has 0 saturated heterocycles. The van der Waals surface area contributed by atoms with Crippen LogP contribution in [0, 0.1) is 0 Å². The second-order valence-corrected chi connectivity index (χ2v) is 8.90. The van der Waals surface area contributed by atoms with Crippen molar-refractivity contribution in [2.24, 2.45) is 0 Å². The average molecular weight is 459 g/mol. The van der Waals surface area contributed by atoms with Crippen LogP contribution in [0.15, 0.2) is 48.8 Å². The second-order valence-electron chi connectivity index (χ2n) is 7.90. The van der Waals surface area contributed by atoms with E-state index in [1.165, 1.54) is 25.2 Å². The molecule has 166 valence electrons. The summed E-state index contributed by atoms with van der Waals surface area (Å²) in [4.78, 5) is 34.9. The molecule has 0 spiro atoms. The minimum Gasteiger partial charge on any atom is -0.316 e. The van der Waals surface area contributed by atoms with Gasteiger partial charge in [0.2, 0.25) is 11.8 Å². The summed E-state index contributed by atoms with van der Waals surface area (Å²) in [6.45, 7) is 3.02. The molecule has 3 aromatic heterocycles. The van der Waals surface area contributed by atoms with Crippen LogP contribution in [0.3, 0.4) is 0 Å². The van der Waals surface area contributed by atoms with Crippen molar-refractivity contribution in [3.8, 4) is 27.5 Å². The maximum absolute atomic E-state index is 11.7. The number of benzene rings is 1. The number of amides is 2. The summed E-state index contributed by atoms with van der Waals surface area (Å²) in [5.74, 6) is -0.172. The largest absolute Gasteiger partial charge is 0.316 e. The number of anilines is 2. The van der Waals surface area contributed by atoms with Crippen molar-refractivity contribution in [3.63, 3.8) is 0 Å². The number of thiazole rings is 1. The number of fused-ring (bicyclic) bond motifs is 3. The standard InChI is InChI=1S/C24H22N6O2S/c1-14(31)26-24-27-20-11-10-19-21(16-5-4-12-25-13-16)28-30(22(19)23(20)33-24)18-8-6-17(7-9-18)29(3)15(2)32/h4-9,12-13H,10-11H2,1-3H3,(H,26,27,31). The maximum atomic E-state index is 11.7. The molecule has 3 heterocycles. The first kappa shape index (κ1) is 21.0. The van der Waals surface area contributed by atoms with Crippen molar-refractivity contribution < 1.29 is 9.59 Å². The van der Waals surface area contributed by atoms with Crippen molar-refractivity contribution in [3.05, 3.63) is 60.0 Å². The third-order valence-corrected chi connectivity index (χ3v) is 6.70. The SMILES string of the molecule is CC(=O)Nc1nc2c(s1)-c1c(c(-c3cccnc3)nn1-c1ccc(N(C)C(C)=O)cc1)CC2. The van der Waals surface area contributed by atoms with Gasteiger partial charge < -0.3 is 10.2 Å². The van der Waals surface area contributed by atoms with Crippen LogP contribution in [0.1, 0.15) is 25.1 Å². The summed E-state index contributed by atoms with van der Waals surface area (Å²) >= 11 is 1.46. The van der Waals surface area contributed by atoms with Gasteiger partial charge in [0.15, 0.2) is 5.13 Å². The Kier molecular flexibility index (Phi) is 5.26. The molecule has 4 aromatic rings. The minimum absolute atomic E-state index is 0.0297. The van der Waals surface area contributed by atoms with Gasteiger partial charge in [0.05, 0.1) is 27.6 Å². The van der Waals surface area contributed by atoms with Crippen LogP contribution in [-0.2, 0) is 22.4 Å². The summed E-state index contributed by atoms with van der Waals surface area (Å²) in [7, 11) is 1.75. The highest BCUT2D eigenvalue weighted by atomic mass is 32.1. The molecule has 33 heavy (non-hydrogen) atoms. The third-order valence-electron chi connectivity index (χ3n) is 5.68. The van der Waals surface area contributed by atoms with Crippen LogP contribution >= 0.6 is 11.3 Å². The molecule has 8 nitrogen and oxygen atoms in total. The molecule has 1 aliphatic carbocycles. The Morgan fingerprint density at radius 2 is 1.91 bits per heavy atom. The molecule has 0 aliphatic heterocycles. The number of hydrogen-bond acceptors (Lipinski definition) is 6. The fourth-order valence-electron chi connectivity index (χ4n) is 3.99. The van der Waals surface area contributed by atoms with Crippen molar-refractivity contribution in [2.75, 3.05) is 17.3 Å². The Hall–Kier alpha value is -3.85. The van der Waals surface area contributed by atoms with E-state index in [2.05, 4.69) is 15.3 Å². The Balaban J connectivity index is 1.67. The van der Waals surface area contributed by atoms with Gasteiger partial charge in [-0.05, 0) is 49.2 Å². The Morgan fingerprint density at radius 1 is 1.12 bits per heavy atom. The molecule has 0 radical (unpaired) electrons. The number of aromatic nitrogens is 4. The van der Waals surface area contributed by atoms with Gasteiger partial charge in [-0.1, -0.05) is 11.3 Å². The smallest absolute Gasteiger partial charge is 0.223 e. The number of carbonyl (C=O) groups is 2. The van der Waals surface area contributed by atoms with E-state index in [0.29, 0.717) is 5.13 Å². The molecule has 1 N–H and O–H groups in total. The number of carbonyl (C=O) groups excluding carboxylic acids is 2. The van der Waals surface area contributed by atoms with E-state index in [1.807, 2.05) is 47.3 Å². The number of rotatable bonds is 4. The lowest BCUT2D eigenvalue weighted by molar-refractivity contribution is -0.116. The van der Waals surface area contributed by atoms with Crippen LogP contribution in [-0.4, -0.2) is 38.6 Å². The molecule has 9 heteroatoms. The molecule has 5 rings (SSSR count). The fourth-order valence-corrected chi connectivity index (χ4v) is 5.11. The molecular formula is C24H22N6O2S. The number of pyridine rings is 1. The van der Waals surface area contributed by atoms with Gasteiger partial charge in [0.1, 0.15) is 0 Å². The van der Waals surface area contributed by atoms with Crippen LogP contribution in [0.5, 0.6) is 0 Å². The lowest BCUT2D eigenvalue weighted by atomic mass is 9.95. The van der Waals surface area contributed by atoms with E-state index in [1.54, 1.807) is 18.1 Å². The average Bonchev–Trinajstić information content (AvgIpc) is 3.39. The normalized spacial score (nSPS) is 12.1. The maximum Gasteiger partial charge on any atom is 0.223 e. The minimum atomic E-state index is -0.143. The van der Waals surface area contributed by atoms with Gasteiger partial charge in [0, 0.05) is 50.1 Å². The molecule has 0 fully saturated rings. The highest BCUT2D eigenvalue weighted by Crippen LogP contribution is 2.44. The number of aryl methyl sites for hydroxylation is 1. The molecule has 0 unspecified atom stereocenters.